The number of hydroxylamine groups is 1. The molecule has 3 aromatic rings. The van der Waals surface area contributed by atoms with Gasteiger partial charge in [0, 0.05) is 23.4 Å². The fourth-order valence-corrected chi connectivity index (χ4v) is 4.56. The quantitative estimate of drug-likeness (QED) is 0.324. The van der Waals surface area contributed by atoms with Gasteiger partial charge in [-0.2, -0.15) is 0 Å². The van der Waals surface area contributed by atoms with Gasteiger partial charge in [0.05, 0.1) is 4.88 Å². The molecule has 2 heterocycles. The number of amides is 3. The van der Waals surface area contributed by atoms with Gasteiger partial charge in [-0.3, -0.25) is 19.6 Å². The van der Waals surface area contributed by atoms with Crippen molar-refractivity contribution in [2.24, 2.45) is 0 Å². The van der Waals surface area contributed by atoms with Crippen LogP contribution in [-0.2, 0) is 20.7 Å². The highest BCUT2D eigenvalue weighted by Crippen LogP contribution is 2.28. The lowest BCUT2D eigenvalue weighted by molar-refractivity contribution is -0.133. The van der Waals surface area contributed by atoms with E-state index in [-0.39, 0.29) is 11.8 Å². The minimum absolute atomic E-state index is 0.286. The van der Waals surface area contributed by atoms with Crippen LogP contribution in [0.1, 0.15) is 28.1 Å². The van der Waals surface area contributed by atoms with Crippen LogP contribution in [0, 0.1) is 0 Å². The molecule has 3 amide bonds. The van der Waals surface area contributed by atoms with Crippen molar-refractivity contribution in [3.8, 4) is 0 Å². The zero-order valence-electron chi connectivity index (χ0n) is 17.2. The summed E-state index contributed by atoms with van der Waals surface area (Å²) in [6.45, 7) is 0.546. The summed E-state index contributed by atoms with van der Waals surface area (Å²) in [4.78, 5) is 37.7. The summed E-state index contributed by atoms with van der Waals surface area (Å²) < 4.78 is 6.29. The number of carbonyl (C=O) groups is 3. The summed E-state index contributed by atoms with van der Waals surface area (Å²) in [5.41, 5.74) is 3.09. The molecule has 0 bridgehead atoms. The number of carbonyl (C=O) groups excluding carboxylic acids is 3. The van der Waals surface area contributed by atoms with Gasteiger partial charge in [0.2, 0.25) is 11.8 Å². The maximum Gasteiger partial charge on any atom is 0.284 e. The Hall–Kier alpha value is -3.27. The number of benzene rings is 2. The minimum Gasteiger partial charge on any atom is -0.368 e. The monoisotopic (exact) mass is 453 g/mol. The van der Waals surface area contributed by atoms with Crippen molar-refractivity contribution in [2.45, 2.75) is 31.4 Å². The first-order valence-corrected chi connectivity index (χ1v) is 11.1. The normalized spacial score (nSPS) is 16.5. The molecule has 0 saturated carbocycles. The van der Waals surface area contributed by atoms with E-state index >= 15 is 0 Å². The number of rotatable bonds is 7. The third kappa shape index (κ3) is 5.13. The lowest BCUT2D eigenvalue weighted by Gasteiger charge is -2.20. The summed E-state index contributed by atoms with van der Waals surface area (Å²) in [6.07, 6.45) is 1.28. The summed E-state index contributed by atoms with van der Waals surface area (Å²) in [5.74, 6) is -1.22. The van der Waals surface area contributed by atoms with E-state index in [9.17, 15) is 14.4 Å². The second kappa shape index (κ2) is 9.90. The van der Waals surface area contributed by atoms with Crippen LogP contribution >= 0.6 is 11.3 Å². The Balaban J connectivity index is 1.51. The second-order valence-electron chi connectivity index (χ2n) is 7.55. The lowest BCUT2D eigenvalue weighted by atomic mass is 10.0. The first-order chi connectivity index (χ1) is 15.5. The number of hydrogen-bond acceptors (Lipinski definition) is 6. The highest BCUT2D eigenvalue weighted by Gasteiger charge is 2.28. The van der Waals surface area contributed by atoms with E-state index in [1.54, 1.807) is 29.7 Å². The third-order valence-electron chi connectivity index (χ3n) is 5.25. The first-order valence-electron chi connectivity index (χ1n) is 10.3. The zero-order chi connectivity index (χ0) is 22.5. The van der Waals surface area contributed by atoms with Crippen LogP contribution in [0.2, 0.25) is 0 Å². The van der Waals surface area contributed by atoms with Gasteiger partial charge in [-0.05, 0) is 48.1 Å². The molecule has 0 spiro atoms. The molecule has 1 fully saturated rings. The van der Waals surface area contributed by atoms with Gasteiger partial charge in [-0.25, -0.2) is 5.48 Å². The molecule has 4 rings (SSSR count). The molecule has 166 valence electrons. The topological polar surface area (TPSA) is 117 Å². The zero-order valence-corrected chi connectivity index (χ0v) is 18.0. The van der Waals surface area contributed by atoms with Gasteiger partial charge in [0.25, 0.3) is 5.91 Å². The minimum atomic E-state index is -0.775. The van der Waals surface area contributed by atoms with Crippen LogP contribution in [0.3, 0.4) is 0 Å². The Morgan fingerprint density at radius 2 is 1.94 bits per heavy atom. The number of anilines is 1. The Bertz CT molecular complexity index is 1130. The third-order valence-corrected chi connectivity index (χ3v) is 6.36. The van der Waals surface area contributed by atoms with E-state index in [1.165, 1.54) is 11.3 Å². The molecule has 4 N–H and O–H groups in total. The number of fused-ring (bicyclic) bond motifs is 1. The van der Waals surface area contributed by atoms with Gasteiger partial charge in [-0.1, -0.05) is 30.3 Å². The van der Waals surface area contributed by atoms with Crippen LogP contribution in [-0.4, -0.2) is 41.7 Å². The second-order valence-corrected chi connectivity index (χ2v) is 8.63. The van der Waals surface area contributed by atoms with Crippen LogP contribution in [0.4, 0.5) is 5.69 Å². The summed E-state index contributed by atoms with van der Waals surface area (Å²) in [7, 11) is 0. The molecule has 2 aromatic carbocycles. The van der Waals surface area contributed by atoms with Crippen molar-refractivity contribution in [1.82, 2.24) is 10.8 Å². The van der Waals surface area contributed by atoms with E-state index in [0.717, 1.165) is 22.1 Å². The number of hydrogen-bond donors (Lipinski definition) is 4. The largest absolute Gasteiger partial charge is 0.368 e. The van der Waals surface area contributed by atoms with E-state index < -0.39 is 18.1 Å². The van der Waals surface area contributed by atoms with E-state index in [1.807, 2.05) is 30.3 Å². The summed E-state index contributed by atoms with van der Waals surface area (Å²) in [5, 5.41) is 15.3. The van der Waals surface area contributed by atoms with Gasteiger partial charge in [-0.15, -0.1) is 11.3 Å². The number of ether oxygens (including phenoxy) is 1. The van der Waals surface area contributed by atoms with Crippen molar-refractivity contribution in [1.29, 1.82) is 0 Å². The summed E-state index contributed by atoms with van der Waals surface area (Å²) >= 11 is 1.23. The van der Waals surface area contributed by atoms with Crippen molar-refractivity contribution >= 4 is 44.8 Å². The predicted molar refractivity (Wildman–Crippen MR) is 121 cm³/mol. The van der Waals surface area contributed by atoms with Gasteiger partial charge < -0.3 is 15.4 Å². The number of nitrogens with one attached hydrogen (secondary N) is 3. The smallest absolute Gasteiger partial charge is 0.284 e. The Morgan fingerprint density at radius 3 is 2.66 bits per heavy atom. The van der Waals surface area contributed by atoms with Crippen LogP contribution < -0.4 is 16.1 Å². The maximum absolute atomic E-state index is 13.1. The molecule has 1 aromatic heterocycles. The number of thiophene rings is 1. The van der Waals surface area contributed by atoms with Crippen LogP contribution in [0.15, 0.2) is 54.6 Å². The van der Waals surface area contributed by atoms with Gasteiger partial charge in [0.15, 0.2) is 0 Å². The molecule has 1 saturated heterocycles. The van der Waals surface area contributed by atoms with E-state index in [0.29, 0.717) is 30.0 Å². The highest BCUT2D eigenvalue weighted by molar-refractivity contribution is 7.20. The molecular formula is C23H23N3O5S. The molecule has 1 aliphatic heterocycles. The molecule has 0 radical (unpaired) electrons. The molecule has 2 atom stereocenters. The average Bonchev–Trinajstić information content (AvgIpc) is 3.48. The Kier molecular flexibility index (Phi) is 6.79. The fraction of sp³-hybridized carbons (Fsp3) is 0.261. The lowest BCUT2D eigenvalue weighted by Crippen LogP contribution is -2.48. The molecule has 2 unspecified atom stereocenters. The van der Waals surface area contributed by atoms with Crippen molar-refractivity contribution in [2.75, 3.05) is 11.9 Å². The average molecular weight is 454 g/mol. The predicted octanol–water partition coefficient (Wildman–Crippen LogP) is 2.87. The highest BCUT2D eigenvalue weighted by atomic mass is 32.1. The van der Waals surface area contributed by atoms with Crippen molar-refractivity contribution < 1.29 is 24.3 Å². The maximum atomic E-state index is 13.1. The van der Waals surface area contributed by atoms with Crippen molar-refractivity contribution in [3.05, 3.63) is 65.0 Å². The Morgan fingerprint density at radius 1 is 1.12 bits per heavy atom. The first kappa shape index (κ1) is 21.9. The van der Waals surface area contributed by atoms with Crippen molar-refractivity contribution in [3.63, 3.8) is 0 Å². The van der Waals surface area contributed by atoms with Crippen LogP contribution in [0.25, 0.3) is 10.1 Å². The fourth-order valence-electron chi connectivity index (χ4n) is 3.63. The van der Waals surface area contributed by atoms with E-state index in [4.69, 9.17) is 9.94 Å². The molecule has 1 aliphatic rings. The molecular weight excluding hydrogens is 430 g/mol. The molecule has 8 nitrogen and oxygen atoms in total. The Labute approximate surface area is 188 Å². The van der Waals surface area contributed by atoms with Crippen LogP contribution in [0.5, 0.6) is 0 Å². The molecule has 9 heteroatoms. The SMILES string of the molecule is O=C(NO)c1cc2cc(NC(=O)C(Cc3ccccc3)NC(=O)C3CCCO3)ccc2s1. The summed E-state index contributed by atoms with van der Waals surface area (Å²) in [6, 6.07) is 15.6. The molecule has 32 heavy (non-hydrogen) atoms. The van der Waals surface area contributed by atoms with E-state index in [2.05, 4.69) is 10.6 Å². The standard InChI is InChI=1S/C23H23N3O5S/c27-21(24-16-8-9-19-15(12-16)13-20(32-19)23(29)26-30)17(11-14-5-2-1-3-6-14)25-22(28)18-7-4-10-31-18/h1-3,5-6,8-9,12-13,17-18,30H,4,7,10-11H2,(H,24,27)(H,25,28)(H,26,29). The van der Waals surface area contributed by atoms with Gasteiger partial charge in [0.1, 0.15) is 12.1 Å². The van der Waals surface area contributed by atoms with Gasteiger partial charge >= 0.3 is 0 Å². The molecule has 0 aliphatic carbocycles.